The van der Waals surface area contributed by atoms with Crippen LogP contribution in [0.2, 0.25) is 5.15 Å². The second kappa shape index (κ2) is 42.4. The van der Waals surface area contributed by atoms with E-state index in [0.717, 1.165) is 143 Å². The average molecular weight is 1750 g/mol. The summed E-state index contributed by atoms with van der Waals surface area (Å²) in [7, 11) is -3.15. The van der Waals surface area contributed by atoms with Crippen molar-refractivity contribution < 1.29 is 46.8 Å². The third kappa shape index (κ3) is 26.8. The van der Waals surface area contributed by atoms with Crippen LogP contribution in [0.4, 0.5) is 44.2 Å². The van der Waals surface area contributed by atoms with Crippen LogP contribution in [0, 0.1) is 30.9 Å². The van der Waals surface area contributed by atoms with E-state index >= 15 is 0 Å². The lowest BCUT2D eigenvalue weighted by Crippen LogP contribution is -2.50. The summed E-state index contributed by atoms with van der Waals surface area (Å²) >= 11 is 10.0. The number of ether oxygens (including phenoxy) is 2. The predicted molar refractivity (Wildman–Crippen MR) is 489 cm³/mol. The van der Waals surface area contributed by atoms with Gasteiger partial charge in [0, 0.05) is 163 Å². The van der Waals surface area contributed by atoms with Crippen molar-refractivity contribution in [1.82, 2.24) is 44.3 Å². The molecule has 0 bridgehead atoms. The number of aromatic nitrogens is 5. The molecule has 12 heterocycles. The minimum absolute atomic E-state index is 0.0515. The summed E-state index contributed by atoms with van der Waals surface area (Å²) in [5, 5.41) is 13.6. The molecule has 4 saturated heterocycles. The highest BCUT2D eigenvalue weighted by Crippen LogP contribution is 2.36. The van der Waals surface area contributed by atoms with Crippen molar-refractivity contribution >= 4 is 120 Å². The molecule has 0 saturated carbocycles. The van der Waals surface area contributed by atoms with E-state index in [2.05, 4.69) is 100 Å². The van der Waals surface area contributed by atoms with Crippen LogP contribution in [-0.2, 0) is 38.8 Å². The van der Waals surface area contributed by atoms with E-state index in [4.69, 9.17) is 26.8 Å². The van der Waals surface area contributed by atoms with Gasteiger partial charge < -0.3 is 49.9 Å². The topological polar surface area (TPSA) is 306 Å². The first-order valence-corrected chi connectivity index (χ1v) is 44.9. The van der Waals surface area contributed by atoms with Crippen LogP contribution in [-0.4, -0.2) is 204 Å². The number of pyridine rings is 5. The summed E-state index contributed by atoms with van der Waals surface area (Å²) in [5.74, 6) is 3.90. The Hall–Kier alpha value is -11.4. The first-order chi connectivity index (χ1) is 58.3. The van der Waals surface area contributed by atoms with Crippen LogP contribution in [0.15, 0.2) is 201 Å². The molecule has 0 spiro atoms. The van der Waals surface area contributed by atoms with E-state index in [9.17, 15) is 42.5 Å². The lowest BCUT2D eigenvalue weighted by atomic mass is 10.0. The summed E-state index contributed by atoms with van der Waals surface area (Å²) < 4.78 is 35.6. The number of piperazine rings is 4. The lowest BCUT2D eigenvalue weighted by Gasteiger charge is -2.36. The number of nitrogens with zero attached hydrogens (tertiary/aromatic N) is 13. The zero-order valence-corrected chi connectivity index (χ0v) is 74.4. The number of nitrogens with two attached hydrogens (primary N) is 1. The molecule has 0 radical (unpaired) electrons. The Labute approximate surface area is 730 Å². The number of nitro groups is 1. The van der Waals surface area contributed by atoms with E-state index in [1.165, 1.54) is 38.9 Å². The number of aryl methyl sites for hydroxylation is 3. The van der Waals surface area contributed by atoms with Gasteiger partial charge >= 0.3 is 12.2 Å². The second-order valence-electron chi connectivity index (χ2n) is 31.6. The van der Waals surface area contributed by atoms with E-state index in [1.54, 1.807) is 51.1 Å². The highest BCUT2D eigenvalue weighted by Gasteiger charge is 2.30. The number of carbonyl (C=O) groups excluding carboxylic acids is 5. The fourth-order valence-electron chi connectivity index (χ4n) is 13.6. The van der Waals surface area contributed by atoms with Crippen LogP contribution in [0.1, 0.15) is 102 Å². The molecule has 0 unspecified atom stereocenters. The van der Waals surface area contributed by atoms with Crippen LogP contribution in [0.25, 0.3) is 33.4 Å². The number of hydrogen-bond acceptors (Lipinski definition) is 25. The highest BCUT2D eigenvalue weighted by molar-refractivity contribution is 7.88. The lowest BCUT2D eigenvalue weighted by molar-refractivity contribution is -0.385. The van der Waals surface area contributed by atoms with E-state index < -0.39 is 26.1 Å². The Morgan fingerprint density at radius 3 is 1.07 bits per heavy atom. The number of carbonyl (C=O) groups is 5. The van der Waals surface area contributed by atoms with Crippen molar-refractivity contribution in [2.24, 2.45) is 0 Å². The molecule has 4 fully saturated rings. The van der Waals surface area contributed by atoms with Gasteiger partial charge in [-0.15, -0.1) is 34.0 Å². The number of nitrogens with one attached hydrogen (secondary N) is 1. The molecule has 15 rings (SSSR count). The van der Waals surface area contributed by atoms with Crippen molar-refractivity contribution in [3.63, 3.8) is 0 Å². The van der Waals surface area contributed by atoms with Gasteiger partial charge in [0.1, 0.15) is 45.8 Å². The number of anilines is 5. The minimum atomic E-state index is -3.15. The number of benzene rings is 3. The minimum Gasteiger partial charge on any atom is -0.444 e. The molecule has 122 heavy (non-hydrogen) atoms. The van der Waals surface area contributed by atoms with Gasteiger partial charge in [0.15, 0.2) is 17.3 Å². The first kappa shape index (κ1) is 91.4. The van der Waals surface area contributed by atoms with E-state index in [0.29, 0.717) is 90.4 Å². The fraction of sp³-hybridized carbons (Fsp3) is 0.341. The molecule has 0 atom stereocenters. The molecule has 640 valence electrons. The Morgan fingerprint density at radius 2 is 0.779 bits per heavy atom. The normalized spacial score (nSPS) is 14.4. The number of ketones is 3. The largest absolute Gasteiger partial charge is 0.444 e. The van der Waals surface area contributed by atoms with Gasteiger partial charge in [-0.1, -0.05) is 121 Å². The summed E-state index contributed by atoms with van der Waals surface area (Å²) in [6.45, 7) is 28.8. The number of hydrogen-bond donors (Lipinski definition) is 2. The summed E-state index contributed by atoms with van der Waals surface area (Å²) in [6.07, 6.45) is 9.88. The highest BCUT2D eigenvalue weighted by atomic mass is 35.5. The SMILES string of the molecule is CC(C)(C)OC(=O)N1CCN(c2ccc(N)cn2)CC1.Cc1sc(C(=O)Cc2ccc(N3CCN(C(=O)OC(C)(C)C)CC3)nc2)cc1-c1ccccc1.Cc1sc(C(=O)Cc2ccc(N3CCN(S(C)(=O)=O)CC3)nc2)cc1-c1ccccc1.Cc1sc(C(=O)Cc2ccc(N3CCNCC3)nc2)cc1-c1ccccc1.O=[N+]([O-])c1ccc(Cl)nc1. The molecule has 4 aliphatic rings. The molecular formula is C91H104ClN15O11S4. The van der Waals surface area contributed by atoms with Gasteiger partial charge in [-0.3, -0.25) is 24.5 Å². The first-order valence-electron chi connectivity index (χ1n) is 40.3. The predicted octanol–water partition coefficient (Wildman–Crippen LogP) is 16.5. The maximum Gasteiger partial charge on any atom is 0.410 e. The Morgan fingerprint density at radius 1 is 0.451 bits per heavy atom. The van der Waals surface area contributed by atoms with Gasteiger partial charge in [0.05, 0.1) is 37.7 Å². The zero-order valence-electron chi connectivity index (χ0n) is 70.4. The maximum atomic E-state index is 12.9. The molecule has 3 aromatic carbocycles. The molecule has 4 aliphatic heterocycles. The number of sulfonamides is 1. The molecule has 3 N–H and O–H groups in total. The molecule has 8 aromatic heterocycles. The van der Waals surface area contributed by atoms with Gasteiger partial charge in [-0.25, -0.2) is 42.9 Å². The van der Waals surface area contributed by atoms with Gasteiger partial charge in [0.25, 0.3) is 5.69 Å². The number of Topliss-reactive ketones (excluding diaryl/α,β-unsaturated/α-hetero) is 3. The summed E-state index contributed by atoms with van der Waals surface area (Å²) in [5.41, 5.74) is 14.8. The van der Waals surface area contributed by atoms with Gasteiger partial charge in [-0.2, -0.15) is 4.31 Å². The molecular weight excluding hydrogens is 1640 g/mol. The molecule has 0 aliphatic carbocycles. The second-order valence-corrected chi connectivity index (χ2v) is 37.7. The Bertz CT molecular complexity index is 5420. The third-order valence-corrected chi connectivity index (χ3v) is 24.8. The molecule has 31 heteroatoms. The fourth-order valence-corrected chi connectivity index (χ4v) is 17.5. The molecule has 11 aromatic rings. The third-order valence-electron chi connectivity index (χ3n) is 20.0. The monoisotopic (exact) mass is 1750 g/mol. The van der Waals surface area contributed by atoms with Crippen molar-refractivity contribution in [2.75, 3.05) is 136 Å². The van der Waals surface area contributed by atoms with Crippen LogP contribution in [0.5, 0.6) is 0 Å². The van der Waals surface area contributed by atoms with Crippen LogP contribution >= 0.6 is 45.6 Å². The zero-order chi connectivity index (χ0) is 87.3. The smallest absolute Gasteiger partial charge is 0.410 e. The average Bonchev–Trinajstić information content (AvgIpc) is 1.68. The van der Waals surface area contributed by atoms with Crippen molar-refractivity contribution in [1.29, 1.82) is 0 Å². The van der Waals surface area contributed by atoms with Crippen molar-refractivity contribution in [3.8, 4) is 33.4 Å². The van der Waals surface area contributed by atoms with E-state index in [-0.39, 0.29) is 40.4 Å². The molecule has 2 amide bonds. The number of thiophene rings is 3. The summed E-state index contributed by atoms with van der Waals surface area (Å²) in [4.78, 5) is 112. The maximum absolute atomic E-state index is 12.9. The van der Waals surface area contributed by atoms with Crippen molar-refractivity contribution in [2.45, 2.75) is 92.8 Å². The molecule has 26 nitrogen and oxygen atoms in total. The number of rotatable bonds is 18. The Balaban J connectivity index is 0.000000155. The van der Waals surface area contributed by atoms with Crippen LogP contribution in [0.3, 0.4) is 0 Å². The Kier molecular flexibility index (Phi) is 31.8. The standard InChI is InChI=1S/C27H31N3O3S.C23H25N3O3S2.C22H23N3OS.C14H22N4O2.C5H3ClN2O2/c1-19-22(21-8-6-5-7-9-21)17-24(34-19)23(31)16-20-10-11-25(28-18-20)29-12-14-30(15-13-29)26(32)33-27(2,3)4;1-17-20(19-6-4-3-5-7-19)15-22(30-17)21(27)14-18-8-9-23(24-16-18)25-10-12-26(13-11-25)31(2,28)29;1-16-19(18-5-3-2-4-6-18)14-21(27-16)20(26)13-17-7-8-22(24-15-17)25-11-9-23-10-12-25;1-14(2,3)20-13(19)18-8-6-17(7-9-18)12-5-4-11(15)10-16-12;6-5-2-1-4(3-7-5)8(9)10/h5-11,17-18H,12-16H2,1-4H3;3-9,15-16H,10-14H2,1-2H3;2-8,14-15,23H,9-13H2,1H3;4-5,10H,6-9,15H2,1-3H3;1-3H. The van der Waals surface area contributed by atoms with Gasteiger partial charge in [-0.05, 0) is 167 Å². The quantitative estimate of drug-likeness (QED) is 0.0349. The number of halogens is 1. The van der Waals surface area contributed by atoms with Gasteiger partial charge in [0.2, 0.25) is 10.0 Å². The number of nitrogen functional groups attached to an aromatic ring is 1. The van der Waals surface area contributed by atoms with Crippen LogP contribution < -0.4 is 30.7 Å². The van der Waals surface area contributed by atoms with E-state index in [1.807, 2.05) is 176 Å². The van der Waals surface area contributed by atoms with Crippen molar-refractivity contribution in [3.05, 3.63) is 262 Å². The summed E-state index contributed by atoms with van der Waals surface area (Å²) in [6, 6.07) is 54.8. The number of amides is 2.